The van der Waals surface area contributed by atoms with Gasteiger partial charge in [-0.15, -0.1) is 0 Å². The molecular formula is C44H56O7Si. The van der Waals surface area contributed by atoms with Crippen LogP contribution >= 0.6 is 0 Å². The zero-order valence-electron chi connectivity index (χ0n) is 32.2. The first-order valence-corrected chi connectivity index (χ1v) is 19.9. The smallest absolute Gasteiger partial charge is 0.339 e. The molecule has 0 saturated carbocycles. The molecule has 52 heavy (non-hydrogen) atoms. The highest BCUT2D eigenvalue weighted by molar-refractivity contribution is 6.99. The van der Waals surface area contributed by atoms with Crippen LogP contribution in [0, 0.1) is 11.8 Å². The summed E-state index contributed by atoms with van der Waals surface area (Å²) < 4.78 is 30.3. The number of hydrogen-bond donors (Lipinski definition) is 1. The highest BCUT2D eigenvalue weighted by Crippen LogP contribution is 2.39. The molecule has 0 aliphatic carbocycles. The van der Waals surface area contributed by atoms with E-state index in [4.69, 9.17) is 23.1 Å². The van der Waals surface area contributed by atoms with Crippen molar-refractivity contribution in [2.24, 2.45) is 11.8 Å². The number of aliphatic hydroxyl groups excluding tert-OH is 1. The van der Waals surface area contributed by atoms with Crippen LogP contribution in [0.3, 0.4) is 0 Å². The third kappa shape index (κ3) is 10.0. The molecule has 7 nitrogen and oxygen atoms in total. The molecule has 0 aliphatic rings. The Morgan fingerprint density at radius 2 is 1.42 bits per heavy atom. The van der Waals surface area contributed by atoms with E-state index in [-0.39, 0.29) is 23.5 Å². The van der Waals surface area contributed by atoms with E-state index >= 15 is 0 Å². The summed E-state index contributed by atoms with van der Waals surface area (Å²) in [5, 5.41) is 13.8. The summed E-state index contributed by atoms with van der Waals surface area (Å²) in [6.45, 7) is 15.4. The standard InChI is InChI=1S/C44H56O7Si/c1-10-31(2)43(49-30-34-22-24-35(47-8)25-23-34)32(3)21-26-41(33(4)40(45)28-37-27-36(48-9)29-42(46)50-37)51-52(44(5,6)7,38-17-13-11-14-18-38)39-19-15-12-16-20-39/h10-27,29,32-33,40-41,43,45H,28,30H2,1-9H3/b26-21+,31-10+/t32-,33-,40-,41+,43+/m0/s1. The van der Waals surface area contributed by atoms with Gasteiger partial charge in [-0.3, -0.25) is 0 Å². The molecule has 0 unspecified atom stereocenters. The lowest BCUT2D eigenvalue weighted by molar-refractivity contribution is 0.0394. The van der Waals surface area contributed by atoms with E-state index in [0.717, 1.165) is 27.3 Å². The molecule has 0 amide bonds. The molecule has 0 fully saturated rings. The van der Waals surface area contributed by atoms with Gasteiger partial charge >= 0.3 is 5.63 Å². The van der Waals surface area contributed by atoms with Crippen LogP contribution in [0.5, 0.6) is 11.5 Å². The van der Waals surface area contributed by atoms with Crippen molar-refractivity contribution in [1.82, 2.24) is 0 Å². The molecule has 8 heteroatoms. The van der Waals surface area contributed by atoms with Crippen molar-refractivity contribution < 1.29 is 28.2 Å². The zero-order chi connectivity index (χ0) is 37.9. The molecule has 4 aromatic rings. The van der Waals surface area contributed by atoms with E-state index in [0.29, 0.717) is 18.1 Å². The fourth-order valence-corrected chi connectivity index (χ4v) is 11.4. The largest absolute Gasteiger partial charge is 0.497 e. The summed E-state index contributed by atoms with van der Waals surface area (Å²) in [7, 11) is 0.119. The average Bonchev–Trinajstić information content (AvgIpc) is 3.14. The lowest BCUT2D eigenvalue weighted by Crippen LogP contribution is -2.68. The van der Waals surface area contributed by atoms with Crippen LogP contribution < -0.4 is 25.5 Å². The molecule has 0 radical (unpaired) electrons. The number of allylic oxidation sites excluding steroid dienone is 1. The normalized spacial score (nSPS) is 15.5. The summed E-state index contributed by atoms with van der Waals surface area (Å²) >= 11 is 0. The van der Waals surface area contributed by atoms with Gasteiger partial charge in [-0.05, 0) is 52.5 Å². The van der Waals surface area contributed by atoms with Crippen LogP contribution in [0.4, 0.5) is 0 Å². The van der Waals surface area contributed by atoms with Crippen molar-refractivity contribution in [2.45, 2.75) is 84.8 Å². The summed E-state index contributed by atoms with van der Waals surface area (Å²) in [6.07, 6.45) is 4.85. The minimum absolute atomic E-state index is 0.0274. The number of benzene rings is 3. The van der Waals surface area contributed by atoms with Crippen molar-refractivity contribution in [3.63, 3.8) is 0 Å². The minimum Gasteiger partial charge on any atom is -0.497 e. The lowest BCUT2D eigenvalue weighted by atomic mass is 9.92. The molecule has 0 spiro atoms. The van der Waals surface area contributed by atoms with Crippen LogP contribution in [0.2, 0.25) is 5.04 Å². The van der Waals surface area contributed by atoms with E-state index in [1.807, 2.05) is 50.2 Å². The van der Waals surface area contributed by atoms with Gasteiger partial charge in [0.15, 0.2) is 0 Å². The molecule has 1 heterocycles. The molecule has 0 aliphatic heterocycles. The van der Waals surface area contributed by atoms with Crippen LogP contribution in [-0.2, 0) is 22.2 Å². The van der Waals surface area contributed by atoms with E-state index in [9.17, 15) is 9.90 Å². The van der Waals surface area contributed by atoms with Gasteiger partial charge < -0.3 is 28.2 Å². The second kappa shape index (κ2) is 18.5. The fraction of sp³-hybridized carbons (Fsp3) is 0.386. The predicted molar refractivity (Wildman–Crippen MR) is 212 cm³/mol. The van der Waals surface area contributed by atoms with E-state index in [2.05, 4.69) is 101 Å². The van der Waals surface area contributed by atoms with Gasteiger partial charge in [-0.2, -0.15) is 0 Å². The quantitative estimate of drug-likeness (QED) is 0.0876. The summed E-state index contributed by atoms with van der Waals surface area (Å²) in [4.78, 5) is 12.3. The Morgan fingerprint density at radius 1 is 0.846 bits per heavy atom. The van der Waals surface area contributed by atoms with Crippen molar-refractivity contribution in [3.05, 3.63) is 143 Å². The molecule has 1 N–H and O–H groups in total. The third-order valence-corrected chi connectivity index (χ3v) is 14.9. The Morgan fingerprint density at radius 3 is 1.94 bits per heavy atom. The third-order valence-electron chi connectivity index (χ3n) is 9.87. The number of rotatable bonds is 17. The van der Waals surface area contributed by atoms with Crippen LogP contribution in [0.25, 0.3) is 0 Å². The zero-order valence-corrected chi connectivity index (χ0v) is 33.2. The molecule has 0 saturated heterocycles. The highest BCUT2D eigenvalue weighted by Gasteiger charge is 2.52. The van der Waals surface area contributed by atoms with Gasteiger partial charge in [-0.25, -0.2) is 4.79 Å². The number of ether oxygens (including phenoxy) is 3. The van der Waals surface area contributed by atoms with E-state index < -0.39 is 32.1 Å². The maximum absolute atomic E-state index is 12.3. The van der Waals surface area contributed by atoms with Crippen molar-refractivity contribution in [3.8, 4) is 11.5 Å². The van der Waals surface area contributed by atoms with Gasteiger partial charge in [0, 0.05) is 24.3 Å². The maximum atomic E-state index is 12.3. The Bertz CT molecular complexity index is 1750. The second-order valence-corrected chi connectivity index (χ2v) is 18.8. The minimum atomic E-state index is -3.04. The van der Waals surface area contributed by atoms with Gasteiger partial charge in [0.1, 0.15) is 17.3 Å². The highest BCUT2D eigenvalue weighted by atomic mass is 28.4. The van der Waals surface area contributed by atoms with Crippen LogP contribution in [0.1, 0.15) is 59.8 Å². The first-order valence-electron chi connectivity index (χ1n) is 18.0. The Kier molecular flexibility index (Phi) is 14.4. The van der Waals surface area contributed by atoms with Crippen LogP contribution in [-0.4, -0.2) is 46.0 Å². The first-order chi connectivity index (χ1) is 24.8. The maximum Gasteiger partial charge on any atom is 0.339 e. The van der Waals surface area contributed by atoms with Crippen molar-refractivity contribution in [2.75, 3.05) is 14.2 Å². The number of methoxy groups -OCH3 is 2. The van der Waals surface area contributed by atoms with Gasteiger partial charge in [0.2, 0.25) is 0 Å². The SMILES string of the molecule is C/C=C(\C)[C@@H](OCc1ccc(OC)cc1)[C@@H](C)/C=C/[C@@H](O[Si](c1ccccc1)(c1ccccc1)C(C)(C)C)[C@@H](C)[C@@H](O)Cc1cc(OC)cc(=O)o1. The molecule has 3 aromatic carbocycles. The van der Waals surface area contributed by atoms with Gasteiger partial charge in [0.25, 0.3) is 8.32 Å². The molecular weight excluding hydrogens is 669 g/mol. The van der Waals surface area contributed by atoms with Gasteiger partial charge in [0.05, 0.1) is 45.2 Å². The summed E-state index contributed by atoms with van der Waals surface area (Å²) in [5.41, 5.74) is 1.65. The molecule has 4 rings (SSSR count). The monoisotopic (exact) mass is 724 g/mol. The van der Waals surface area contributed by atoms with Crippen molar-refractivity contribution >= 4 is 18.7 Å². The predicted octanol–water partition coefficient (Wildman–Crippen LogP) is 7.89. The van der Waals surface area contributed by atoms with E-state index in [1.165, 1.54) is 13.2 Å². The number of hydrogen-bond acceptors (Lipinski definition) is 7. The molecule has 0 bridgehead atoms. The van der Waals surface area contributed by atoms with Crippen LogP contribution in [0.15, 0.2) is 130 Å². The summed E-state index contributed by atoms with van der Waals surface area (Å²) in [6, 6.07) is 31.8. The summed E-state index contributed by atoms with van der Waals surface area (Å²) in [5.74, 6) is 1.11. The molecule has 1 aromatic heterocycles. The van der Waals surface area contributed by atoms with Gasteiger partial charge in [-0.1, -0.05) is 126 Å². The fourth-order valence-electron chi connectivity index (χ4n) is 6.71. The first kappa shape index (κ1) is 40.6. The second-order valence-electron chi connectivity index (χ2n) is 14.5. The Balaban J connectivity index is 1.76. The molecule has 5 atom stereocenters. The van der Waals surface area contributed by atoms with Crippen molar-refractivity contribution in [1.29, 1.82) is 0 Å². The topological polar surface area (TPSA) is 87.4 Å². The average molecular weight is 725 g/mol. The lowest BCUT2D eigenvalue weighted by Gasteiger charge is -2.46. The van der Waals surface area contributed by atoms with E-state index in [1.54, 1.807) is 13.2 Å². The Hall–Kier alpha value is -4.21. The Labute approximate surface area is 311 Å². The molecule has 278 valence electrons. The number of aliphatic hydroxyl groups is 1.